The number of benzene rings is 2. The fourth-order valence-electron chi connectivity index (χ4n) is 3.31. The minimum Gasteiger partial charge on any atom is -0.493 e. The Hall–Kier alpha value is -2.09. The van der Waals surface area contributed by atoms with Crippen LogP contribution in [0.4, 0.5) is 0 Å². The van der Waals surface area contributed by atoms with Gasteiger partial charge in [-0.25, -0.2) is 0 Å². The molecule has 1 aliphatic carbocycles. The number of fused-ring (bicyclic) bond motifs is 1. The lowest BCUT2D eigenvalue weighted by atomic mass is 9.86. The number of hydrogen-bond donors (Lipinski definition) is 0. The molecule has 0 N–H and O–H groups in total. The van der Waals surface area contributed by atoms with Gasteiger partial charge in [0.1, 0.15) is 5.75 Å². The van der Waals surface area contributed by atoms with E-state index in [1.165, 1.54) is 5.56 Å². The van der Waals surface area contributed by atoms with Gasteiger partial charge in [-0.15, -0.1) is 0 Å². The van der Waals surface area contributed by atoms with Gasteiger partial charge in [-0.3, -0.25) is 4.79 Å². The van der Waals surface area contributed by atoms with E-state index in [9.17, 15) is 4.79 Å². The van der Waals surface area contributed by atoms with E-state index in [0.29, 0.717) is 0 Å². The van der Waals surface area contributed by atoms with Crippen LogP contribution in [0.3, 0.4) is 0 Å². The Bertz CT molecular complexity index is 684. The molecule has 0 bridgehead atoms. The van der Waals surface area contributed by atoms with Gasteiger partial charge in [-0.05, 0) is 55.0 Å². The van der Waals surface area contributed by atoms with Crippen LogP contribution in [0.15, 0.2) is 48.5 Å². The molecule has 1 heterocycles. The van der Waals surface area contributed by atoms with Crippen LogP contribution >= 0.6 is 0 Å². The van der Waals surface area contributed by atoms with Crippen molar-refractivity contribution in [2.75, 3.05) is 6.61 Å². The molecular formula is C19H18O2. The Kier molecular flexibility index (Phi) is 2.85. The Morgan fingerprint density at radius 3 is 2.62 bits per heavy atom. The first-order valence-electron chi connectivity index (χ1n) is 7.66. The topological polar surface area (TPSA) is 26.3 Å². The maximum absolute atomic E-state index is 13.0. The van der Waals surface area contributed by atoms with Crippen molar-refractivity contribution in [3.8, 4) is 5.75 Å². The SMILES string of the molecule is O=C(c1ccc2c(c1)CCCO2)C1(c2ccccc2)CC1. The number of hydrogen-bond acceptors (Lipinski definition) is 2. The molecule has 0 aromatic heterocycles. The van der Waals surface area contributed by atoms with Gasteiger partial charge in [0.05, 0.1) is 12.0 Å². The second kappa shape index (κ2) is 4.73. The van der Waals surface area contributed by atoms with E-state index in [1.54, 1.807) is 0 Å². The Labute approximate surface area is 124 Å². The highest BCUT2D eigenvalue weighted by Crippen LogP contribution is 2.50. The van der Waals surface area contributed by atoms with Crippen LogP contribution in [-0.4, -0.2) is 12.4 Å². The molecule has 1 fully saturated rings. The van der Waals surface area contributed by atoms with Crippen molar-refractivity contribution in [1.82, 2.24) is 0 Å². The molecule has 2 nitrogen and oxygen atoms in total. The third-order valence-corrected chi connectivity index (χ3v) is 4.68. The van der Waals surface area contributed by atoms with Crippen LogP contribution in [0.2, 0.25) is 0 Å². The smallest absolute Gasteiger partial charge is 0.173 e. The summed E-state index contributed by atoms with van der Waals surface area (Å²) in [7, 11) is 0. The molecular weight excluding hydrogens is 260 g/mol. The summed E-state index contributed by atoms with van der Waals surface area (Å²) < 4.78 is 5.63. The standard InChI is InChI=1S/C19H18O2/c20-18(19(10-11-19)16-6-2-1-3-7-16)15-8-9-17-14(13-15)5-4-12-21-17/h1-3,6-9,13H,4-5,10-12H2. The summed E-state index contributed by atoms with van der Waals surface area (Å²) in [5, 5.41) is 0. The zero-order valence-electron chi connectivity index (χ0n) is 12.0. The van der Waals surface area contributed by atoms with Gasteiger partial charge in [0.2, 0.25) is 0 Å². The van der Waals surface area contributed by atoms with Crippen molar-refractivity contribution in [2.45, 2.75) is 31.1 Å². The maximum atomic E-state index is 13.0. The summed E-state index contributed by atoms with van der Waals surface area (Å²) in [6.45, 7) is 0.786. The fraction of sp³-hybridized carbons (Fsp3) is 0.316. The van der Waals surface area contributed by atoms with Crippen molar-refractivity contribution in [3.05, 3.63) is 65.2 Å². The predicted molar refractivity (Wildman–Crippen MR) is 81.9 cm³/mol. The predicted octanol–water partition coefficient (Wildman–Crippen LogP) is 3.93. The van der Waals surface area contributed by atoms with Gasteiger partial charge in [0.15, 0.2) is 5.78 Å². The second-order valence-electron chi connectivity index (χ2n) is 6.05. The number of ether oxygens (including phenoxy) is 1. The number of carbonyl (C=O) groups is 1. The molecule has 21 heavy (non-hydrogen) atoms. The zero-order chi connectivity index (χ0) is 14.3. The minimum absolute atomic E-state index is 0.266. The van der Waals surface area contributed by atoms with Gasteiger partial charge in [0.25, 0.3) is 0 Å². The molecule has 4 rings (SSSR count). The molecule has 0 amide bonds. The Morgan fingerprint density at radius 2 is 1.86 bits per heavy atom. The third kappa shape index (κ3) is 2.06. The highest BCUT2D eigenvalue weighted by molar-refractivity contribution is 6.06. The number of Topliss-reactive ketones (excluding diaryl/α,β-unsaturated/α-hetero) is 1. The molecule has 0 atom stereocenters. The van der Waals surface area contributed by atoms with E-state index in [2.05, 4.69) is 12.1 Å². The molecule has 0 unspecified atom stereocenters. The Morgan fingerprint density at radius 1 is 1.05 bits per heavy atom. The number of carbonyl (C=O) groups excluding carboxylic acids is 1. The average molecular weight is 278 g/mol. The number of ketones is 1. The van der Waals surface area contributed by atoms with Gasteiger partial charge < -0.3 is 4.74 Å². The minimum atomic E-state index is -0.273. The van der Waals surface area contributed by atoms with E-state index in [1.807, 2.05) is 36.4 Å². The largest absolute Gasteiger partial charge is 0.493 e. The molecule has 2 aromatic carbocycles. The van der Waals surface area contributed by atoms with Crippen LogP contribution in [0, 0.1) is 0 Å². The quantitative estimate of drug-likeness (QED) is 0.795. The average Bonchev–Trinajstić information content (AvgIpc) is 3.36. The lowest BCUT2D eigenvalue weighted by molar-refractivity contribution is 0.0946. The summed E-state index contributed by atoms with van der Waals surface area (Å²) >= 11 is 0. The van der Waals surface area contributed by atoms with Gasteiger partial charge >= 0.3 is 0 Å². The summed E-state index contributed by atoms with van der Waals surface area (Å²) in [5.74, 6) is 1.21. The molecule has 2 aromatic rings. The Balaban J connectivity index is 1.69. The highest BCUT2D eigenvalue weighted by atomic mass is 16.5. The van der Waals surface area contributed by atoms with E-state index < -0.39 is 0 Å². The van der Waals surface area contributed by atoms with Crippen LogP contribution in [0.5, 0.6) is 5.75 Å². The molecule has 2 aliphatic rings. The van der Waals surface area contributed by atoms with E-state index in [4.69, 9.17) is 4.74 Å². The van der Waals surface area contributed by atoms with Gasteiger partial charge in [-0.1, -0.05) is 30.3 Å². The fourth-order valence-corrected chi connectivity index (χ4v) is 3.31. The van der Waals surface area contributed by atoms with Gasteiger partial charge in [0, 0.05) is 5.56 Å². The van der Waals surface area contributed by atoms with E-state index >= 15 is 0 Å². The molecule has 1 aliphatic heterocycles. The first kappa shape index (κ1) is 12.6. The van der Waals surface area contributed by atoms with Crippen LogP contribution in [0.1, 0.15) is 40.7 Å². The third-order valence-electron chi connectivity index (χ3n) is 4.68. The number of aryl methyl sites for hydroxylation is 1. The first-order valence-corrected chi connectivity index (χ1v) is 7.66. The van der Waals surface area contributed by atoms with E-state index in [-0.39, 0.29) is 11.2 Å². The van der Waals surface area contributed by atoms with Crippen LogP contribution in [-0.2, 0) is 11.8 Å². The van der Waals surface area contributed by atoms with Crippen LogP contribution < -0.4 is 4.74 Å². The van der Waals surface area contributed by atoms with E-state index in [0.717, 1.165) is 49.2 Å². The summed E-state index contributed by atoms with van der Waals surface area (Å²) in [5.41, 5.74) is 2.89. The van der Waals surface area contributed by atoms with Gasteiger partial charge in [-0.2, -0.15) is 0 Å². The first-order chi connectivity index (χ1) is 10.3. The number of rotatable bonds is 3. The molecule has 106 valence electrons. The highest BCUT2D eigenvalue weighted by Gasteiger charge is 2.51. The lowest BCUT2D eigenvalue weighted by Gasteiger charge is -2.19. The molecule has 1 saturated carbocycles. The van der Waals surface area contributed by atoms with Crippen molar-refractivity contribution in [3.63, 3.8) is 0 Å². The summed E-state index contributed by atoms with van der Waals surface area (Å²) in [6, 6.07) is 16.1. The molecule has 0 radical (unpaired) electrons. The summed E-state index contributed by atoms with van der Waals surface area (Å²) in [6.07, 6.45) is 3.97. The van der Waals surface area contributed by atoms with Crippen LogP contribution in [0.25, 0.3) is 0 Å². The van der Waals surface area contributed by atoms with Crippen molar-refractivity contribution in [1.29, 1.82) is 0 Å². The molecule has 0 saturated heterocycles. The van der Waals surface area contributed by atoms with Crippen molar-refractivity contribution >= 4 is 5.78 Å². The normalized spacial score (nSPS) is 18.5. The lowest BCUT2D eigenvalue weighted by Crippen LogP contribution is -2.21. The monoisotopic (exact) mass is 278 g/mol. The van der Waals surface area contributed by atoms with Crippen molar-refractivity contribution < 1.29 is 9.53 Å². The molecule has 0 spiro atoms. The second-order valence-corrected chi connectivity index (χ2v) is 6.05. The zero-order valence-corrected chi connectivity index (χ0v) is 12.0. The van der Waals surface area contributed by atoms with Crippen molar-refractivity contribution in [2.24, 2.45) is 0 Å². The molecule has 2 heteroatoms. The maximum Gasteiger partial charge on any atom is 0.173 e. The summed E-state index contributed by atoms with van der Waals surface area (Å²) in [4.78, 5) is 13.0.